The first-order valence-corrected chi connectivity index (χ1v) is 5.70. The largest absolute Gasteiger partial charge is 0.357 e. The van der Waals surface area contributed by atoms with E-state index >= 15 is 0 Å². The Hall–Kier alpha value is -2.82. The van der Waals surface area contributed by atoms with E-state index < -0.39 is 6.04 Å². The lowest BCUT2D eigenvalue weighted by Gasteiger charge is -2.13. The van der Waals surface area contributed by atoms with E-state index in [1.807, 2.05) is 0 Å². The van der Waals surface area contributed by atoms with Crippen molar-refractivity contribution in [3.8, 4) is 5.95 Å². The van der Waals surface area contributed by atoms with Crippen molar-refractivity contribution in [1.29, 1.82) is 0 Å². The van der Waals surface area contributed by atoms with E-state index in [4.69, 9.17) is 5.84 Å². The van der Waals surface area contributed by atoms with Gasteiger partial charge in [-0.25, -0.2) is 10.8 Å². The molecular weight excluding hydrogens is 264 g/mol. The number of nitrogens with one attached hydrogen (secondary N) is 3. The minimum Gasteiger partial charge on any atom is -0.357 e. The summed E-state index contributed by atoms with van der Waals surface area (Å²) >= 11 is 0. The SMILES string of the molecule is CNC(=O)C(C)Nc1nc(NN)nc(-n2cncn2)n1. The molecule has 0 fully saturated rings. The number of rotatable bonds is 5. The average molecular weight is 278 g/mol. The Balaban J connectivity index is 2.29. The maximum Gasteiger partial charge on any atom is 0.258 e. The molecule has 2 aromatic heterocycles. The third kappa shape index (κ3) is 2.95. The Morgan fingerprint density at radius 2 is 2.10 bits per heavy atom. The predicted octanol–water partition coefficient (Wildman–Crippen LogP) is -1.72. The van der Waals surface area contributed by atoms with Crippen LogP contribution in [0.15, 0.2) is 12.7 Å². The van der Waals surface area contributed by atoms with Crippen LogP contribution in [0.2, 0.25) is 0 Å². The number of carbonyl (C=O) groups excluding carboxylic acids is 1. The maximum absolute atomic E-state index is 11.5. The molecule has 2 heterocycles. The van der Waals surface area contributed by atoms with Crippen LogP contribution in [-0.2, 0) is 4.79 Å². The van der Waals surface area contributed by atoms with Gasteiger partial charge in [0.1, 0.15) is 18.7 Å². The number of anilines is 2. The van der Waals surface area contributed by atoms with Crippen molar-refractivity contribution < 1.29 is 4.79 Å². The van der Waals surface area contributed by atoms with Crippen molar-refractivity contribution in [3.63, 3.8) is 0 Å². The number of nitrogens with two attached hydrogens (primary N) is 1. The molecule has 0 bridgehead atoms. The van der Waals surface area contributed by atoms with Gasteiger partial charge < -0.3 is 10.6 Å². The summed E-state index contributed by atoms with van der Waals surface area (Å²) in [4.78, 5) is 27.4. The van der Waals surface area contributed by atoms with Crippen LogP contribution in [0.3, 0.4) is 0 Å². The standard InChI is InChI=1S/C9H14N10O/c1-5(6(20)11-2)14-7-15-8(18-10)17-9(16-7)19-4-12-3-13-19/h3-5H,10H2,1-2H3,(H,11,20)(H2,14,15,16,17,18). The molecule has 1 unspecified atom stereocenters. The predicted molar refractivity (Wildman–Crippen MR) is 69.7 cm³/mol. The highest BCUT2D eigenvalue weighted by molar-refractivity contribution is 5.83. The van der Waals surface area contributed by atoms with Crippen LogP contribution in [0.25, 0.3) is 5.95 Å². The zero-order valence-corrected chi connectivity index (χ0v) is 10.9. The number of hydrogen-bond acceptors (Lipinski definition) is 9. The van der Waals surface area contributed by atoms with Crippen molar-refractivity contribution in [3.05, 3.63) is 12.7 Å². The fraction of sp³-hybridized carbons (Fsp3) is 0.333. The normalized spacial score (nSPS) is 11.8. The summed E-state index contributed by atoms with van der Waals surface area (Å²) in [7, 11) is 1.54. The minimum atomic E-state index is -0.517. The number of hydrazine groups is 1. The van der Waals surface area contributed by atoms with Crippen LogP contribution in [0.5, 0.6) is 0 Å². The Labute approximate surface area is 114 Å². The van der Waals surface area contributed by atoms with Gasteiger partial charge in [-0.3, -0.25) is 10.2 Å². The molecule has 2 rings (SSSR count). The molecule has 0 aliphatic heterocycles. The van der Waals surface area contributed by atoms with E-state index in [1.165, 1.54) is 17.3 Å². The van der Waals surface area contributed by atoms with E-state index in [1.54, 1.807) is 14.0 Å². The molecule has 0 saturated carbocycles. The Morgan fingerprint density at radius 3 is 2.70 bits per heavy atom. The highest BCUT2D eigenvalue weighted by Crippen LogP contribution is 2.08. The summed E-state index contributed by atoms with van der Waals surface area (Å²) < 4.78 is 1.35. The van der Waals surface area contributed by atoms with Crippen LogP contribution < -0.4 is 21.9 Å². The molecule has 0 aromatic carbocycles. The number of nitrogen functional groups attached to an aromatic ring is 1. The van der Waals surface area contributed by atoms with Gasteiger partial charge in [0, 0.05) is 7.05 Å². The first-order valence-electron chi connectivity index (χ1n) is 5.70. The van der Waals surface area contributed by atoms with Gasteiger partial charge in [-0.1, -0.05) is 0 Å². The van der Waals surface area contributed by atoms with Crippen LogP contribution >= 0.6 is 0 Å². The van der Waals surface area contributed by atoms with E-state index in [0.717, 1.165) is 0 Å². The summed E-state index contributed by atoms with van der Waals surface area (Å²) in [6.07, 6.45) is 2.78. The molecule has 0 spiro atoms. The second-order valence-electron chi connectivity index (χ2n) is 3.75. The topological polar surface area (TPSA) is 149 Å². The molecule has 1 amide bonds. The fourth-order valence-corrected chi connectivity index (χ4v) is 1.38. The molecule has 0 radical (unpaired) electrons. The van der Waals surface area contributed by atoms with Gasteiger partial charge in [-0.05, 0) is 6.92 Å². The van der Waals surface area contributed by atoms with Crippen LogP contribution in [0.1, 0.15) is 6.92 Å². The minimum absolute atomic E-state index is 0.136. The Bertz CT molecular complexity index is 582. The van der Waals surface area contributed by atoms with Gasteiger partial charge in [0.05, 0.1) is 0 Å². The third-order valence-electron chi connectivity index (χ3n) is 2.36. The molecule has 2 aromatic rings. The Kier molecular flexibility index (Phi) is 4.00. The summed E-state index contributed by atoms with van der Waals surface area (Å²) in [5.74, 6) is 5.65. The third-order valence-corrected chi connectivity index (χ3v) is 2.36. The number of hydrogen-bond donors (Lipinski definition) is 4. The van der Waals surface area contributed by atoms with Gasteiger partial charge in [0.2, 0.25) is 17.8 Å². The number of carbonyl (C=O) groups is 1. The van der Waals surface area contributed by atoms with Gasteiger partial charge >= 0.3 is 0 Å². The van der Waals surface area contributed by atoms with Crippen LogP contribution in [-0.4, -0.2) is 48.7 Å². The maximum atomic E-state index is 11.5. The van der Waals surface area contributed by atoms with E-state index in [0.29, 0.717) is 0 Å². The number of likely N-dealkylation sites (N-methyl/N-ethyl adjacent to an activating group) is 1. The quantitative estimate of drug-likeness (QED) is 0.370. The van der Waals surface area contributed by atoms with Crippen molar-refractivity contribution in [2.24, 2.45) is 5.84 Å². The molecule has 20 heavy (non-hydrogen) atoms. The number of nitrogens with zero attached hydrogens (tertiary/aromatic N) is 6. The van der Waals surface area contributed by atoms with Crippen LogP contribution in [0, 0.1) is 0 Å². The van der Waals surface area contributed by atoms with Crippen molar-refractivity contribution >= 4 is 17.8 Å². The average Bonchev–Trinajstić information content (AvgIpc) is 3.00. The summed E-state index contributed by atoms with van der Waals surface area (Å²) in [5.41, 5.74) is 2.32. The summed E-state index contributed by atoms with van der Waals surface area (Å²) in [5, 5.41) is 9.26. The lowest BCUT2D eigenvalue weighted by Crippen LogP contribution is -2.36. The van der Waals surface area contributed by atoms with Crippen molar-refractivity contribution in [2.45, 2.75) is 13.0 Å². The lowest BCUT2D eigenvalue weighted by atomic mass is 10.3. The number of amides is 1. The second kappa shape index (κ2) is 5.88. The summed E-state index contributed by atoms with van der Waals surface area (Å²) in [6.45, 7) is 1.67. The molecule has 0 aliphatic carbocycles. The smallest absolute Gasteiger partial charge is 0.258 e. The molecule has 0 saturated heterocycles. The van der Waals surface area contributed by atoms with Gasteiger partial charge in [-0.15, -0.1) is 0 Å². The van der Waals surface area contributed by atoms with Crippen molar-refractivity contribution in [1.82, 2.24) is 35.0 Å². The molecule has 106 valence electrons. The first-order chi connectivity index (χ1) is 9.63. The Morgan fingerprint density at radius 1 is 1.35 bits per heavy atom. The zero-order valence-electron chi connectivity index (χ0n) is 10.9. The number of aromatic nitrogens is 6. The molecule has 11 nitrogen and oxygen atoms in total. The van der Waals surface area contributed by atoms with Gasteiger partial charge in [0.25, 0.3) is 5.95 Å². The first kappa shape index (κ1) is 13.6. The van der Waals surface area contributed by atoms with Crippen LogP contribution in [0.4, 0.5) is 11.9 Å². The highest BCUT2D eigenvalue weighted by atomic mass is 16.2. The van der Waals surface area contributed by atoms with Gasteiger partial charge in [-0.2, -0.15) is 24.7 Å². The summed E-state index contributed by atoms with van der Waals surface area (Å²) in [6, 6.07) is -0.517. The molecule has 11 heteroatoms. The van der Waals surface area contributed by atoms with E-state index in [9.17, 15) is 4.79 Å². The highest BCUT2D eigenvalue weighted by Gasteiger charge is 2.14. The molecular formula is C9H14N10O. The molecule has 0 aliphatic rings. The van der Waals surface area contributed by atoms with Gasteiger partial charge in [0.15, 0.2) is 0 Å². The molecule has 5 N–H and O–H groups in total. The zero-order chi connectivity index (χ0) is 14.5. The van der Waals surface area contributed by atoms with E-state index in [2.05, 4.69) is 41.1 Å². The lowest BCUT2D eigenvalue weighted by molar-refractivity contribution is -0.121. The van der Waals surface area contributed by atoms with E-state index in [-0.39, 0.29) is 23.8 Å². The second-order valence-corrected chi connectivity index (χ2v) is 3.75. The van der Waals surface area contributed by atoms with Crippen molar-refractivity contribution in [2.75, 3.05) is 17.8 Å². The molecule has 1 atom stereocenters. The fourth-order valence-electron chi connectivity index (χ4n) is 1.38. The monoisotopic (exact) mass is 278 g/mol.